The number of H-pyrrole nitrogens is 1. The third-order valence-electron chi connectivity index (χ3n) is 3.92. The van der Waals surface area contributed by atoms with Crippen molar-refractivity contribution in [1.29, 1.82) is 0 Å². The van der Waals surface area contributed by atoms with E-state index in [1.54, 1.807) is 0 Å². The Balaban J connectivity index is 2.14. The summed E-state index contributed by atoms with van der Waals surface area (Å²) in [7, 11) is 2.21. The average molecular weight is 267 g/mol. The Labute approximate surface area is 115 Å². The number of nitrogens with zero attached hydrogens (tertiary/aromatic N) is 2. The number of piperidine rings is 1. The summed E-state index contributed by atoms with van der Waals surface area (Å²) in [5.41, 5.74) is 1.48. The van der Waals surface area contributed by atoms with Gasteiger partial charge in [0, 0.05) is 23.9 Å². The summed E-state index contributed by atoms with van der Waals surface area (Å²) in [5.74, 6) is 0.768. The van der Waals surface area contributed by atoms with Crippen LogP contribution in [0.5, 0.6) is 0 Å². The molecule has 4 heteroatoms. The third kappa shape index (κ3) is 3.04. The van der Waals surface area contributed by atoms with Crippen molar-refractivity contribution in [3.8, 4) is 0 Å². The van der Waals surface area contributed by atoms with Gasteiger partial charge in [-0.25, -0.2) is 0 Å². The van der Waals surface area contributed by atoms with Crippen LogP contribution in [0.3, 0.4) is 0 Å². The molecule has 1 N–H and O–H groups in total. The molecule has 18 heavy (non-hydrogen) atoms. The Bertz CT molecular complexity index is 444. The van der Waals surface area contributed by atoms with E-state index in [-0.39, 0.29) is 5.41 Å². The van der Waals surface area contributed by atoms with Crippen LogP contribution in [0.15, 0.2) is 6.20 Å². The second-order valence-corrected chi connectivity index (χ2v) is 6.97. The third-order valence-corrected chi connectivity index (χ3v) is 4.25. The molecule has 1 fully saturated rings. The normalized spacial score (nSPS) is 19.3. The molecule has 1 aliphatic heterocycles. The number of aromatic nitrogens is 2. The first-order valence-corrected chi connectivity index (χ1v) is 7.26. The lowest BCUT2D eigenvalue weighted by atomic mass is 9.91. The zero-order valence-electron chi connectivity index (χ0n) is 12.0. The van der Waals surface area contributed by atoms with Gasteiger partial charge in [-0.3, -0.25) is 0 Å². The molecule has 2 heterocycles. The van der Waals surface area contributed by atoms with Crippen LogP contribution in [0.1, 0.15) is 39.3 Å². The van der Waals surface area contributed by atoms with Crippen molar-refractivity contribution in [3.63, 3.8) is 0 Å². The molecular formula is C14H25N3S. The van der Waals surface area contributed by atoms with Crippen molar-refractivity contribution in [2.45, 2.75) is 45.6 Å². The molecule has 1 aromatic rings. The molecule has 0 radical (unpaired) electrons. The standard InChI is InChI=1S/C14H25N3S/c1-14(2,3)12-9-15-13(18)17(12)10-11-5-7-16(4)8-6-11/h9,11H,5-8,10H2,1-4H3,(H,15,18). The molecule has 0 bridgehead atoms. The summed E-state index contributed by atoms with van der Waals surface area (Å²) in [6, 6.07) is 0. The molecule has 1 saturated heterocycles. The van der Waals surface area contributed by atoms with Crippen molar-refractivity contribution in [1.82, 2.24) is 14.5 Å². The maximum absolute atomic E-state index is 5.43. The number of aromatic amines is 1. The minimum absolute atomic E-state index is 0.152. The topological polar surface area (TPSA) is 24.0 Å². The fraction of sp³-hybridized carbons (Fsp3) is 0.786. The van der Waals surface area contributed by atoms with Crippen molar-refractivity contribution in [2.75, 3.05) is 20.1 Å². The van der Waals surface area contributed by atoms with Crippen LogP contribution in [0.4, 0.5) is 0 Å². The molecule has 0 unspecified atom stereocenters. The van der Waals surface area contributed by atoms with Gasteiger partial charge in [-0.1, -0.05) is 20.8 Å². The van der Waals surface area contributed by atoms with Gasteiger partial charge in [-0.15, -0.1) is 0 Å². The molecular weight excluding hydrogens is 242 g/mol. The maximum Gasteiger partial charge on any atom is 0.177 e. The van der Waals surface area contributed by atoms with Gasteiger partial charge in [0.1, 0.15) is 0 Å². The summed E-state index contributed by atoms with van der Waals surface area (Å²) in [4.78, 5) is 5.62. The van der Waals surface area contributed by atoms with Gasteiger partial charge in [0.15, 0.2) is 4.77 Å². The van der Waals surface area contributed by atoms with Crippen molar-refractivity contribution < 1.29 is 0 Å². The number of hydrogen-bond donors (Lipinski definition) is 1. The molecule has 102 valence electrons. The number of likely N-dealkylation sites (tertiary alicyclic amines) is 1. The van der Waals surface area contributed by atoms with E-state index in [0.717, 1.165) is 17.2 Å². The van der Waals surface area contributed by atoms with Gasteiger partial charge in [0.25, 0.3) is 0 Å². The number of nitrogens with one attached hydrogen (secondary N) is 1. The van der Waals surface area contributed by atoms with E-state index in [2.05, 4.69) is 48.5 Å². The Kier molecular flexibility index (Phi) is 3.97. The van der Waals surface area contributed by atoms with E-state index >= 15 is 0 Å². The summed E-state index contributed by atoms with van der Waals surface area (Å²) in [6.45, 7) is 10.2. The Hall–Kier alpha value is -0.610. The fourth-order valence-electron chi connectivity index (χ4n) is 2.70. The van der Waals surface area contributed by atoms with Crippen molar-refractivity contribution in [2.24, 2.45) is 5.92 Å². The summed E-state index contributed by atoms with van der Waals surface area (Å²) < 4.78 is 3.18. The van der Waals surface area contributed by atoms with Crippen LogP contribution < -0.4 is 0 Å². The van der Waals surface area contributed by atoms with Gasteiger partial charge in [-0.05, 0) is 51.1 Å². The lowest BCUT2D eigenvalue weighted by Crippen LogP contribution is -2.32. The fourth-order valence-corrected chi connectivity index (χ4v) is 2.93. The van der Waals surface area contributed by atoms with Crippen LogP contribution in [0, 0.1) is 10.7 Å². The Morgan fingerprint density at radius 3 is 2.50 bits per heavy atom. The van der Waals surface area contributed by atoms with Gasteiger partial charge in [-0.2, -0.15) is 0 Å². The lowest BCUT2D eigenvalue weighted by molar-refractivity contribution is 0.202. The van der Waals surface area contributed by atoms with E-state index < -0.39 is 0 Å². The predicted molar refractivity (Wildman–Crippen MR) is 78.5 cm³/mol. The average Bonchev–Trinajstić information content (AvgIpc) is 2.63. The van der Waals surface area contributed by atoms with Crippen LogP contribution in [0.2, 0.25) is 0 Å². The number of hydrogen-bond acceptors (Lipinski definition) is 2. The minimum Gasteiger partial charge on any atom is -0.337 e. The Morgan fingerprint density at radius 2 is 1.94 bits per heavy atom. The summed E-state index contributed by atoms with van der Waals surface area (Å²) in [5, 5.41) is 0. The van der Waals surface area contributed by atoms with E-state index in [1.165, 1.54) is 31.6 Å². The lowest BCUT2D eigenvalue weighted by Gasteiger charge is -2.30. The highest BCUT2D eigenvalue weighted by Crippen LogP contribution is 2.25. The van der Waals surface area contributed by atoms with E-state index in [4.69, 9.17) is 12.2 Å². The highest BCUT2D eigenvalue weighted by Gasteiger charge is 2.23. The number of imidazole rings is 1. The molecule has 0 atom stereocenters. The van der Waals surface area contributed by atoms with Crippen LogP contribution in [-0.2, 0) is 12.0 Å². The summed E-state index contributed by atoms with van der Waals surface area (Å²) in [6.07, 6.45) is 4.65. The van der Waals surface area contributed by atoms with Crippen LogP contribution in [-0.4, -0.2) is 34.6 Å². The highest BCUT2D eigenvalue weighted by atomic mass is 32.1. The smallest absolute Gasteiger partial charge is 0.177 e. The molecule has 3 nitrogen and oxygen atoms in total. The highest BCUT2D eigenvalue weighted by molar-refractivity contribution is 7.71. The van der Waals surface area contributed by atoms with Crippen LogP contribution >= 0.6 is 12.2 Å². The summed E-state index contributed by atoms with van der Waals surface area (Å²) >= 11 is 5.43. The molecule has 0 saturated carbocycles. The monoisotopic (exact) mass is 267 g/mol. The van der Waals surface area contributed by atoms with Crippen LogP contribution in [0.25, 0.3) is 0 Å². The first-order chi connectivity index (χ1) is 8.38. The zero-order valence-corrected chi connectivity index (χ0v) is 12.8. The first kappa shape index (κ1) is 13.8. The zero-order chi connectivity index (χ0) is 13.3. The van der Waals surface area contributed by atoms with Gasteiger partial charge < -0.3 is 14.5 Å². The van der Waals surface area contributed by atoms with Gasteiger partial charge in [0.2, 0.25) is 0 Å². The molecule has 1 aromatic heterocycles. The first-order valence-electron chi connectivity index (χ1n) is 6.85. The predicted octanol–water partition coefficient (Wildman–Crippen LogP) is 3.18. The van der Waals surface area contributed by atoms with Crippen molar-refractivity contribution >= 4 is 12.2 Å². The minimum atomic E-state index is 0.152. The van der Waals surface area contributed by atoms with Gasteiger partial charge in [0.05, 0.1) is 0 Å². The second kappa shape index (κ2) is 5.17. The van der Waals surface area contributed by atoms with E-state index in [0.29, 0.717) is 0 Å². The maximum atomic E-state index is 5.43. The Morgan fingerprint density at radius 1 is 1.33 bits per heavy atom. The quantitative estimate of drug-likeness (QED) is 0.832. The number of rotatable bonds is 2. The van der Waals surface area contributed by atoms with Gasteiger partial charge >= 0.3 is 0 Å². The molecule has 2 rings (SSSR count). The molecule has 0 amide bonds. The molecule has 1 aliphatic rings. The van der Waals surface area contributed by atoms with E-state index in [1.807, 2.05) is 0 Å². The van der Waals surface area contributed by atoms with Crippen molar-refractivity contribution in [3.05, 3.63) is 16.7 Å². The van der Waals surface area contributed by atoms with E-state index in [9.17, 15) is 0 Å². The molecule has 0 spiro atoms. The largest absolute Gasteiger partial charge is 0.337 e. The second-order valence-electron chi connectivity index (χ2n) is 6.59. The SMILES string of the molecule is CN1CCC(Cn2c(C(C)(C)C)c[nH]c2=S)CC1. The molecule has 0 aliphatic carbocycles. The molecule has 0 aromatic carbocycles.